The topological polar surface area (TPSA) is 55.3 Å². The van der Waals surface area contributed by atoms with Gasteiger partial charge >= 0.3 is 0 Å². The quantitative estimate of drug-likeness (QED) is 0.677. The van der Waals surface area contributed by atoms with Crippen molar-refractivity contribution in [2.45, 2.75) is 45.8 Å². The third-order valence-corrected chi connectivity index (χ3v) is 3.14. The second-order valence-electron chi connectivity index (χ2n) is 6.38. The van der Waals surface area contributed by atoms with Gasteiger partial charge in [-0.15, -0.1) is 0 Å². The van der Waals surface area contributed by atoms with Gasteiger partial charge in [0.2, 0.25) is 0 Å². The van der Waals surface area contributed by atoms with Crippen LogP contribution < -0.4 is 10.1 Å². The summed E-state index contributed by atoms with van der Waals surface area (Å²) in [6, 6.07) is 8.10. The predicted molar refractivity (Wildman–Crippen MR) is 84.7 cm³/mol. The number of hydrogen-bond acceptors (Lipinski definition) is 3. The molecule has 0 spiro atoms. The van der Waals surface area contributed by atoms with E-state index in [2.05, 4.69) is 45.1 Å². The molecule has 120 valence electrons. The van der Waals surface area contributed by atoms with Crippen LogP contribution in [0, 0.1) is 0 Å². The zero-order chi connectivity index (χ0) is 15.7. The number of quaternary nitrogens is 1. The van der Waals surface area contributed by atoms with Crippen molar-refractivity contribution in [1.29, 1.82) is 0 Å². The van der Waals surface area contributed by atoms with Crippen LogP contribution >= 0.6 is 0 Å². The summed E-state index contributed by atoms with van der Waals surface area (Å²) in [5.41, 5.74) is 1.44. The lowest BCUT2D eigenvalue weighted by molar-refractivity contribution is -0.722. The Bertz CT molecular complexity index is 384. The van der Waals surface area contributed by atoms with Crippen LogP contribution in [-0.4, -0.2) is 43.1 Å². The molecule has 21 heavy (non-hydrogen) atoms. The first kappa shape index (κ1) is 18.0. The van der Waals surface area contributed by atoms with Crippen molar-refractivity contribution in [3.8, 4) is 5.75 Å². The number of nitrogens with two attached hydrogens (primary N) is 1. The smallest absolute Gasteiger partial charge is 0.126 e. The van der Waals surface area contributed by atoms with Crippen LogP contribution in [0.2, 0.25) is 0 Å². The summed E-state index contributed by atoms with van der Waals surface area (Å²) in [6.45, 7) is 10.5. The van der Waals surface area contributed by atoms with Gasteiger partial charge in [-0.2, -0.15) is 0 Å². The number of aryl methyl sites for hydroxylation is 1. The standard InChI is InChI=1S/C17H29NO3/c1-5-14-6-8-16(9-7-14)21-11-10-20-13-15(19)12-18-17(2,3)4/h6-9,15,18-19H,5,10-13H2,1-4H3/p+1/t15-/m0/s1. The van der Waals surface area contributed by atoms with E-state index in [0.717, 1.165) is 12.2 Å². The Hall–Kier alpha value is -1.10. The third kappa shape index (κ3) is 8.71. The number of aliphatic hydroxyl groups excluding tert-OH is 1. The van der Waals surface area contributed by atoms with Gasteiger partial charge in [0.05, 0.1) is 18.8 Å². The second kappa shape index (κ2) is 9.03. The highest BCUT2D eigenvalue weighted by Crippen LogP contribution is 2.12. The predicted octanol–water partition coefficient (Wildman–Crippen LogP) is 1.37. The van der Waals surface area contributed by atoms with Crippen molar-refractivity contribution in [3.05, 3.63) is 29.8 Å². The van der Waals surface area contributed by atoms with E-state index in [1.54, 1.807) is 0 Å². The second-order valence-corrected chi connectivity index (χ2v) is 6.38. The molecule has 4 heteroatoms. The monoisotopic (exact) mass is 296 g/mol. The van der Waals surface area contributed by atoms with Crippen LogP contribution in [0.15, 0.2) is 24.3 Å². The molecule has 0 saturated heterocycles. The molecule has 1 aromatic carbocycles. The molecule has 0 heterocycles. The van der Waals surface area contributed by atoms with Gasteiger partial charge in [-0.05, 0) is 44.9 Å². The lowest BCUT2D eigenvalue weighted by Crippen LogP contribution is -2.96. The maximum absolute atomic E-state index is 9.79. The van der Waals surface area contributed by atoms with E-state index in [4.69, 9.17) is 9.47 Å². The number of rotatable bonds is 9. The lowest BCUT2D eigenvalue weighted by Gasteiger charge is -2.19. The van der Waals surface area contributed by atoms with Gasteiger partial charge < -0.3 is 19.9 Å². The number of benzene rings is 1. The summed E-state index contributed by atoms with van der Waals surface area (Å²) >= 11 is 0. The Morgan fingerprint density at radius 1 is 1.14 bits per heavy atom. The summed E-state index contributed by atoms with van der Waals surface area (Å²) in [4.78, 5) is 0. The first-order valence-electron chi connectivity index (χ1n) is 7.72. The van der Waals surface area contributed by atoms with Gasteiger partial charge in [0.1, 0.15) is 25.0 Å². The highest BCUT2D eigenvalue weighted by Gasteiger charge is 2.15. The van der Waals surface area contributed by atoms with Crippen LogP contribution in [0.3, 0.4) is 0 Å². The summed E-state index contributed by atoms with van der Waals surface area (Å²) in [5.74, 6) is 0.859. The van der Waals surface area contributed by atoms with Gasteiger partial charge in [0.15, 0.2) is 0 Å². The first-order valence-corrected chi connectivity index (χ1v) is 7.72. The first-order chi connectivity index (χ1) is 9.90. The minimum absolute atomic E-state index is 0.134. The Morgan fingerprint density at radius 3 is 2.38 bits per heavy atom. The van der Waals surface area contributed by atoms with Crippen molar-refractivity contribution < 1.29 is 19.9 Å². The number of aliphatic hydroxyl groups is 1. The minimum atomic E-state index is -0.437. The fourth-order valence-corrected chi connectivity index (χ4v) is 1.82. The van der Waals surface area contributed by atoms with Crippen LogP contribution in [0.25, 0.3) is 0 Å². The molecule has 0 amide bonds. The van der Waals surface area contributed by atoms with Gasteiger partial charge in [-0.25, -0.2) is 0 Å². The highest BCUT2D eigenvalue weighted by molar-refractivity contribution is 5.27. The molecule has 0 saturated carbocycles. The Kier molecular flexibility index (Phi) is 7.72. The van der Waals surface area contributed by atoms with Crippen LogP contribution in [0.1, 0.15) is 33.3 Å². The molecule has 0 fully saturated rings. The van der Waals surface area contributed by atoms with E-state index in [1.165, 1.54) is 5.56 Å². The van der Waals surface area contributed by atoms with Gasteiger partial charge in [-0.3, -0.25) is 0 Å². The molecule has 0 aromatic heterocycles. The van der Waals surface area contributed by atoms with Gasteiger partial charge in [-0.1, -0.05) is 19.1 Å². The average Bonchev–Trinajstić information content (AvgIpc) is 2.44. The van der Waals surface area contributed by atoms with E-state index in [-0.39, 0.29) is 5.54 Å². The molecule has 0 unspecified atom stereocenters. The Labute approximate surface area is 128 Å². The zero-order valence-corrected chi connectivity index (χ0v) is 13.8. The maximum Gasteiger partial charge on any atom is 0.126 e. The van der Waals surface area contributed by atoms with E-state index >= 15 is 0 Å². The normalized spacial score (nSPS) is 13.2. The van der Waals surface area contributed by atoms with Crippen LogP contribution in [0.5, 0.6) is 5.75 Å². The van der Waals surface area contributed by atoms with Gasteiger partial charge in [0, 0.05) is 0 Å². The fourth-order valence-electron chi connectivity index (χ4n) is 1.82. The van der Waals surface area contributed by atoms with Crippen LogP contribution in [0.4, 0.5) is 0 Å². The largest absolute Gasteiger partial charge is 0.491 e. The summed E-state index contributed by atoms with van der Waals surface area (Å²) < 4.78 is 11.0. The zero-order valence-electron chi connectivity index (χ0n) is 13.8. The highest BCUT2D eigenvalue weighted by atomic mass is 16.5. The Morgan fingerprint density at radius 2 is 1.81 bits per heavy atom. The Balaban J connectivity index is 2.08. The minimum Gasteiger partial charge on any atom is -0.491 e. The molecule has 4 nitrogen and oxygen atoms in total. The molecular weight excluding hydrogens is 266 g/mol. The number of ether oxygens (including phenoxy) is 2. The van der Waals surface area contributed by atoms with E-state index in [0.29, 0.717) is 26.4 Å². The molecule has 0 bridgehead atoms. The summed E-state index contributed by atoms with van der Waals surface area (Å²) in [5, 5.41) is 11.9. The van der Waals surface area contributed by atoms with Crippen LogP contribution in [-0.2, 0) is 11.2 Å². The number of hydrogen-bond donors (Lipinski definition) is 2. The summed E-state index contributed by atoms with van der Waals surface area (Å²) in [7, 11) is 0. The molecule has 3 N–H and O–H groups in total. The molecule has 1 atom stereocenters. The van der Waals surface area contributed by atoms with Crippen molar-refractivity contribution in [2.24, 2.45) is 0 Å². The average molecular weight is 296 g/mol. The molecule has 1 rings (SSSR count). The van der Waals surface area contributed by atoms with E-state index in [1.807, 2.05) is 12.1 Å². The molecule has 0 aliphatic heterocycles. The van der Waals surface area contributed by atoms with Crippen molar-refractivity contribution in [1.82, 2.24) is 0 Å². The molecular formula is C17H30NO3+. The fraction of sp³-hybridized carbons (Fsp3) is 0.647. The van der Waals surface area contributed by atoms with Crippen molar-refractivity contribution in [3.63, 3.8) is 0 Å². The van der Waals surface area contributed by atoms with Crippen molar-refractivity contribution in [2.75, 3.05) is 26.4 Å². The summed E-state index contributed by atoms with van der Waals surface area (Å²) in [6.07, 6.45) is 0.598. The molecule has 1 aromatic rings. The van der Waals surface area contributed by atoms with E-state index in [9.17, 15) is 5.11 Å². The third-order valence-electron chi connectivity index (χ3n) is 3.14. The SMILES string of the molecule is CCc1ccc(OCCOC[C@@H](O)C[NH2+]C(C)(C)C)cc1. The van der Waals surface area contributed by atoms with Crippen molar-refractivity contribution >= 4 is 0 Å². The molecule has 0 radical (unpaired) electrons. The van der Waals surface area contributed by atoms with E-state index < -0.39 is 6.10 Å². The maximum atomic E-state index is 9.79. The lowest BCUT2D eigenvalue weighted by atomic mass is 10.1. The molecule has 0 aliphatic carbocycles. The molecule has 0 aliphatic rings. The van der Waals surface area contributed by atoms with Gasteiger partial charge in [0.25, 0.3) is 0 Å².